The average molecular weight is 427 g/mol. The van der Waals surface area contributed by atoms with Gasteiger partial charge in [-0.05, 0) is 30.3 Å². The van der Waals surface area contributed by atoms with Gasteiger partial charge in [0.1, 0.15) is 11.5 Å². The monoisotopic (exact) mass is 426 g/mol. The van der Waals surface area contributed by atoms with Crippen LogP contribution in [0.3, 0.4) is 0 Å². The van der Waals surface area contributed by atoms with Crippen molar-refractivity contribution in [1.29, 1.82) is 0 Å². The Morgan fingerprint density at radius 2 is 1.93 bits per heavy atom. The quantitative estimate of drug-likeness (QED) is 0.533. The Hall–Kier alpha value is -3.00. The normalized spacial score (nSPS) is 11.5. The van der Waals surface area contributed by atoms with Crippen LogP contribution >= 0.6 is 11.6 Å². The fraction of sp³-hybridized carbons (Fsp3) is 0.200. The molecule has 0 saturated carbocycles. The molecule has 0 aliphatic rings. The maximum atomic E-state index is 13.1. The molecule has 5 nitrogen and oxygen atoms in total. The van der Waals surface area contributed by atoms with E-state index < -0.39 is 23.1 Å². The summed E-state index contributed by atoms with van der Waals surface area (Å²) in [5.74, 6) is -0.793. The second-order valence-corrected chi connectivity index (χ2v) is 6.38. The summed E-state index contributed by atoms with van der Waals surface area (Å²) >= 11 is 6.08. The molecule has 9 heteroatoms. The van der Waals surface area contributed by atoms with Crippen LogP contribution in [0.25, 0.3) is 22.3 Å². The van der Waals surface area contributed by atoms with E-state index in [-0.39, 0.29) is 46.1 Å². The van der Waals surface area contributed by atoms with Gasteiger partial charge in [-0.25, -0.2) is 0 Å². The maximum absolute atomic E-state index is 13.1. The molecule has 0 fully saturated rings. The van der Waals surface area contributed by atoms with Gasteiger partial charge in [0.05, 0.1) is 41.7 Å². The lowest BCUT2D eigenvalue weighted by atomic mass is 10.1. The number of para-hydroxylation sites is 1. The smallest absolute Gasteiger partial charge is 0.416 e. The van der Waals surface area contributed by atoms with Crippen molar-refractivity contribution < 1.29 is 31.9 Å². The Morgan fingerprint density at radius 1 is 1.17 bits per heavy atom. The maximum Gasteiger partial charge on any atom is 0.416 e. The van der Waals surface area contributed by atoms with E-state index in [1.165, 1.54) is 19.2 Å². The number of alkyl halides is 3. The third kappa shape index (κ3) is 4.54. The summed E-state index contributed by atoms with van der Waals surface area (Å²) < 4.78 is 54.9. The van der Waals surface area contributed by atoms with E-state index >= 15 is 0 Å². The average Bonchev–Trinajstić information content (AvgIpc) is 2.67. The van der Waals surface area contributed by atoms with Gasteiger partial charge in [0.2, 0.25) is 0 Å². The predicted octanol–water partition coefficient (Wildman–Crippen LogP) is 5.07. The molecular formula is C20H14ClF3O5. The molecule has 0 radical (unpaired) electrons. The van der Waals surface area contributed by atoms with Gasteiger partial charge in [0.15, 0.2) is 11.0 Å². The van der Waals surface area contributed by atoms with Gasteiger partial charge in [-0.1, -0.05) is 17.7 Å². The van der Waals surface area contributed by atoms with E-state index in [1.54, 1.807) is 6.07 Å². The third-order valence-corrected chi connectivity index (χ3v) is 4.37. The van der Waals surface area contributed by atoms with E-state index in [9.17, 15) is 22.8 Å². The number of rotatable bonds is 5. The first-order chi connectivity index (χ1) is 13.7. The van der Waals surface area contributed by atoms with Crippen molar-refractivity contribution in [1.82, 2.24) is 0 Å². The van der Waals surface area contributed by atoms with Gasteiger partial charge in [-0.2, -0.15) is 13.2 Å². The Balaban J connectivity index is 2.10. The van der Waals surface area contributed by atoms with Crippen LogP contribution in [-0.4, -0.2) is 19.7 Å². The number of fused-ring (bicyclic) bond motifs is 1. The minimum atomic E-state index is -4.60. The second-order valence-electron chi connectivity index (χ2n) is 5.97. The van der Waals surface area contributed by atoms with Gasteiger partial charge < -0.3 is 13.9 Å². The highest BCUT2D eigenvalue weighted by atomic mass is 35.5. The van der Waals surface area contributed by atoms with E-state index in [4.69, 9.17) is 20.8 Å². The standard InChI is InChI=1S/C20H14ClF3O5/c1-27-18(26)7-8-28-16-9-11(20(22,23)24)5-6-13(16)17-10-15(25)12-3-2-4-14(21)19(12)29-17/h2-6,9-10H,7-8H2,1H3. The van der Waals surface area contributed by atoms with Crippen molar-refractivity contribution in [2.45, 2.75) is 12.6 Å². The molecule has 1 heterocycles. The summed E-state index contributed by atoms with van der Waals surface area (Å²) in [7, 11) is 1.19. The van der Waals surface area contributed by atoms with Crippen LogP contribution < -0.4 is 10.2 Å². The molecule has 29 heavy (non-hydrogen) atoms. The first-order valence-corrected chi connectivity index (χ1v) is 8.72. The highest BCUT2D eigenvalue weighted by Crippen LogP contribution is 2.38. The summed E-state index contributed by atoms with van der Waals surface area (Å²) in [5.41, 5.74) is -1.14. The summed E-state index contributed by atoms with van der Waals surface area (Å²) in [6.45, 7) is -0.223. The number of halogens is 4. The molecule has 1 aromatic heterocycles. The van der Waals surface area contributed by atoms with Crippen molar-refractivity contribution in [3.8, 4) is 17.1 Å². The lowest BCUT2D eigenvalue weighted by Gasteiger charge is -2.14. The number of carbonyl (C=O) groups is 1. The predicted molar refractivity (Wildman–Crippen MR) is 100 cm³/mol. The minimum Gasteiger partial charge on any atom is -0.492 e. The number of hydrogen-bond acceptors (Lipinski definition) is 5. The fourth-order valence-corrected chi connectivity index (χ4v) is 2.86. The molecule has 0 aliphatic heterocycles. The number of hydrogen-bond donors (Lipinski definition) is 0. The molecule has 0 unspecified atom stereocenters. The molecule has 152 valence electrons. The van der Waals surface area contributed by atoms with E-state index in [1.807, 2.05) is 0 Å². The van der Waals surface area contributed by atoms with Gasteiger partial charge in [-0.3, -0.25) is 9.59 Å². The highest BCUT2D eigenvalue weighted by molar-refractivity contribution is 6.34. The van der Waals surface area contributed by atoms with Crippen LogP contribution in [0.15, 0.2) is 51.7 Å². The van der Waals surface area contributed by atoms with Crippen LogP contribution in [0.4, 0.5) is 13.2 Å². The van der Waals surface area contributed by atoms with Crippen molar-refractivity contribution >= 4 is 28.5 Å². The van der Waals surface area contributed by atoms with Crippen molar-refractivity contribution in [2.75, 3.05) is 13.7 Å². The zero-order chi connectivity index (χ0) is 21.2. The molecule has 0 atom stereocenters. The zero-order valence-electron chi connectivity index (χ0n) is 15.0. The minimum absolute atomic E-state index is 0.0163. The first-order valence-electron chi connectivity index (χ1n) is 8.34. The third-order valence-electron chi connectivity index (χ3n) is 4.07. The second kappa shape index (κ2) is 8.16. The lowest BCUT2D eigenvalue weighted by Crippen LogP contribution is -2.10. The van der Waals surface area contributed by atoms with Gasteiger partial charge >= 0.3 is 12.1 Å². The molecule has 3 rings (SSSR count). The summed E-state index contributed by atoms with van der Waals surface area (Å²) in [6, 6.07) is 8.55. The topological polar surface area (TPSA) is 65.7 Å². The SMILES string of the molecule is COC(=O)CCOc1cc(C(F)(F)F)ccc1-c1cc(=O)c2cccc(Cl)c2o1. The number of benzene rings is 2. The van der Waals surface area contributed by atoms with Crippen molar-refractivity contribution in [3.05, 3.63) is 63.3 Å². The van der Waals surface area contributed by atoms with Crippen molar-refractivity contribution in [3.63, 3.8) is 0 Å². The Labute approximate surface area is 167 Å². The number of carbonyl (C=O) groups excluding carboxylic acids is 1. The van der Waals surface area contributed by atoms with Gasteiger partial charge in [-0.15, -0.1) is 0 Å². The molecule has 0 amide bonds. The molecule has 0 spiro atoms. The molecule has 0 bridgehead atoms. The number of esters is 1. The largest absolute Gasteiger partial charge is 0.492 e. The summed E-state index contributed by atoms with van der Waals surface area (Å²) in [6.07, 6.45) is -4.77. The van der Waals surface area contributed by atoms with Crippen LogP contribution in [0.5, 0.6) is 5.75 Å². The Morgan fingerprint density at radius 3 is 2.62 bits per heavy atom. The van der Waals surface area contributed by atoms with E-state index in [0.717, 1.165) is 24.3 Å². The van der Waals surface area contributed by atoms with Gasteiger partial charge in [0.25, 0.3) is 0 Å². The van der Waals surface area contributed by atoms with Crippen LogP contribution in [-0.2, 0) is 15.7 Å². The van der Waals surface area contributed by atoms with Crippen LogP contribution in [0.1, 0.15) is 12.0 Å². The lowest BCUT2D eigenvalue weighted by molar-refractivity contribution is -0.141. The fourth-order valence-electron chi connectivity index (χ4n) is 2.64. The summed E-state index contributed by atoms with van der Waals surface area (Å²) in [4.78, 5) is 23.7. The number of ether oxygens (including phenoxy) is 2. The molecule has 0 N–H and O–H groups in total. The first kappa shape index (κ1) is 20.7. The molecular weight excluding hydrogens is 413 g/mol. The molecule has 2 aromatic carbocycles. The molecule has 0 aliphatic carbocycles. The molecule has 3 aromatic rings. The van der Waals surface area contributed by atoms with Crippen LogP contribution in [0, 0.1) is 0 Å². The van der Waals surface area contributed by atoms with Gasteiger partial charge in [0, 0.05) is 6.07 Å². The van der Waals surface area contributed by atoms with E-state index in [2.05, 4.69) is 4.74 Å². The van der Waals surface area contributed by atoms with Crippen molar-refractivity contribution in [2.24, 2.45) is 0 Å². The zero-order valence-corrected chi connectivity index (χ0v) is 15.8. The Bertz CT molecular complexity index is 1120. The highest BCUT2D eigenvalue weighted by Gasteiger charge is 2.31. The molecule has 0 saturated heterocycles. The van der Waals surface area contributed by atoms with E-state index in [0.29, 0.717) is 0 Å². The van der Waals surface area contributed by atoms with Crippen LogP contribution in [0.2, 0.25) is 5.02 Å². The summed E-state index contributed by atoms with van der Waals surface area (Å²) in [5, 5.41) is 0.419. The Kier molecular flexibility index (Phi) is 5.83. The number of methoxy groups -OCH3 is 1.